The van der Waals surface area contributed by atoms with Crippen molar-refractivity contribution < 1.29 is 38.0 Å². The van der Waals surface area contributed by atoms with Gasteiger partial charge in [0.2, 0.25) is 0 Å². The summed E-state index contributed by atoms with van der Waals surface area (Å²) >= 11 is 0. The summed E-state index contributed by atoms with van der Waals surface area (Å²) < 4.78 is 40.2. The molecule has 1 saturated carbocycles. The van der Waals surface area contributed by atoms with Gasteiger partial charge in [0, 0.05) is 20.3 Å². The third kappa shape index (κ3) is 6.20. The van der Waals surface area contributed by atoms with Crippen LogP contribution in [-0.2, 0) is 28.5 Å². The van der Waals surface area contributed by atoms with Crippen LogP contribution in [0.4, 0.5) is 0 Å². The maximum atomic E-state index is 12.8. The van der Waals surface area contributed by atoms with Crippen molar-refractivity contribution in [1.82, 2.24) is 0 Å². The SMILES string of the molecule is COCCOc1ccc(/C=C/C(=O)O[C@@H]2CCC3(CO3)C([C@]3(C)O[C@H]3CC=C(C)C)[C@@H]2OC)cc1OC. The maximum Gasteiger partial charge on any atom is 0.331 e. The first kappa shape index (κ1) is 27.6. The van der Waals surface area contributed by atoms with Crippen LogP contribution in [0.3, 0.4) is 0 Å². The average Bonchev–Trinajstić information content (AvgIpc) is 3.80. The second-order valence-corrected chi connectivity index (χ2v) is 10.4. The molecule has 37 heavy (non-hydrogen) atoms. The van der Waals surface area contributed by atoms with E-state index in [1.165, 1.54) is 11.6 Å². The molecule has 0 N–H and O–H groups in total. The molecule has 0 amide bonds. The van der Waals surface area contributed by atoms with Gasteiger partial charge in [-0.25, -0.2) is 4.79 Å². The molecule has 0 radical (unpaired) electrons. The van der Waals surface area contributed by atoms with Crippen molar-refractivity contribution in [2.75, 3.05) is 41.2 Å². The molecule has 0 aromatic heterocycles. The molecular weight excluding hydrogens is 476 g/mol. The van der Waals surface area contributed by atoms with E-state index in [4.69, 9.17) is 33.2 Å². The van der Waals surface area contributed by atoms with Crippen LogP contribution in [0.2, 0.25) is 0 Å². The van der Waals surface area contributed by atoms with E-state index in [2.05, 4.69) is 26.8 Å². The lowest BCUT2D eigenvalue weighted by Crippen LogP contribution is -2.55. The molecule has 0 bridgehead atoms. The molecule has 4 rings (SSSR count). The van der Waals surface area contributed by atoms with E-state index >= 15 is 0 Å². The number of benzene rings is 1. The minimum atomic E-state index is -0.416. The van der Waals surface area contributed by atoms with Gasteiger partial charge in [-0.2, -0.15) is 0 Å². The van der Waals surface area contributed by atoms with E-state index < -0.39 is 5.97 Å². The lowest BCUT2D eigenvalue weighted by atomic mass is 9.68. The quantitative estimate of drug-likeness (QED) is 0.133. The van der Waals surface area contributed by atoms with Crippen LogP contribution in [0.5, 0.6) is 11.5 Å². The van der Waals surface area contributed by atoms with Crippen molar-refractivity contribution in [1.29, 1.82) is 0 Å². The molecule has 3 aliphatic rings. The van der Waals surface area contributed by atoms with Gasteiger partial charge in [-0.15, -0.1) is 0 Å². The fraction of sp³-hybridized carbons (Fsp3) is 0.621. The van der Waals surface area contributed by atoms with Crippen LogP contribution in [0, 0.1) is 5.92 Å². The number of methoxy groups -OCH3 is 3. The van der Waals surface area contributed by atoms with E-state index in [-0.39, 0.29) is 35.4 Å². The Kier molecular flexibility index (Phi) is 8.63. The molecule has 1 aromatic carbocycles. The second-order valence-electron chi connectivity index (χ2n) is 10.4. The van der Waals surface area contributed by atoms with Crippen LogP contribution in [0.1, 0.15) is 45.6 Å². The Labute approximate surface area is 219 Å². The van der Waals surface area contributed by atoms with E-state index in [0.29, 0.717) is 37.7 Å². The summed E-state index contributed by atoms with van der Waals surface area (Å²) in [6.07, 6.45) is 7.13. The Morgan fingerprint density at radius 2 is 1.95 bits per heavy atom. The van der Waals surface area contributed by atoms with Gasteiger partial charge in [0.1, 0.15) is 30.0 Å². The Morgan fingerprint density at radius 3 is 2.59 bits per heavy atom. The molecule has 8 heteroatoms. The Balaban J connectivity index is 1.41. The van der Waals surface area contributed by atoms with Crippen LogP contribution < -0.4 is 9.47 Å². The Bertz CT molecular complexity index is 1010. The second kappa shape index (κ2) is 11.6. The van der Waals surface area contributed by atoms with Crippen molar-refractivity contribution >= 4 is 12.0 Å². The minimum absolute atomic E-state index is 0.00833. The van der Waals surface area contributed by atoms with Crippen molar-refractivity contribution in [3.8, 4) is 11.5 Å². The molecule has 1 aliphatic carbocycles. The lowest BCUT2D eigenvalue weighted by molar-refractivity contribution is -0.166. The smallest absolute Gasteiger partial charge is 0.331 e. The maximum absolute atomic E-state index is 12.8. The topological polar surface area (TPSA) is 88.3 Å². The largest absolute Gasteiger partial charge is 0.493 e. The van der Waals surface area contributed by atoms with E-state index in [1.54, 1.807) is 27.4 Å². The number of esters is 1. The summed E-state index contributed by atoms with van der Waals surface area (Å²) in [5.74, 6) is 0.772. The predicted octanol–water partition coefficient (Wildman–Crippen LogP) is 4.35. The van der Waals surface area contributed by atoms with Crippen molar-refractivity contribution in [2.45, 2.75) is 69.5 Å². The van der Waals surface area contributed by atoms with Crippen molar-refractivity contribution in [2.24, 2.45) is 5.92 Å². The van der Waals surface area contributed by atoms with Gasteiger partial charge in [0.05, 0.1) is 32.3 Å². The zero-order valence-electron chi connectivity index (χ0n) is 22.8. The Hall–Kier alpha value is -2.39. The molecule has 2 aliphatic heterocycles. The molecule has 2 unspecified atom stereocenters. The fourth-order valence-corrected chi connectivity index (χ4v) is 5.57. The van der Waals surface area contributed by atoms with E-state index in [0.717, 1.165) is 18.4 Å². The molecule has 6 atom stereocenters. The predicted molar refractivity (Wildman–Crippen MR) is 139 cm³/mol. The standard InChI is InChI=1S/C29H40O8/c1-19(2)7-11-24-28(3,37-24)27-26(33-6)22(13-14-29(27)18-35-29)36-25(30)12-9-20-8-10-21(23(17-20)32-5)34-16-15-31-4/h7-10,12,17,22,24,26-27H,11,13-16,18H2,1-6H3/b12-9+/t22-,24+,26-,27?,28-,29?/m1/s1. The van der Waals surface area contributed by atoms with Crippen LogP contribution in [0.15, 0.2) is 35.9 Å². The number of ether oxygens (including phenoxy) is 7. The molecule has 8 nitrogen and oxygen atoms in total. The first-order chi connectivity index (χ1) is 17.8. The number of carbonyl (C=O) groups excluding carboxylic acids is 1. The van der Waals surface area contributed by atoms with Gasteiger partial charge < -0.3 is 33.2 Å². The molecular formula is C29H40O8. The first-order valence-corrected chi connectivity index (χ1v) is 12.9. The van der Waals surface area contributed by atoms with Gasteiger partial charge >= 0.3 is 5.97 Å². The first-order valence-electron chi connectivity index (χ1n) is 12.9. The van der Waals surface area contributed by atoms with Crippen molar-refractivity contribution in [3.63, 3.8) is 0 Å². The normalized spacial score (nSPS) is 32.3. The lowest BCUT2D eigenvalue weighted by Gasteiger charge is -2.42. The Morgan fingerprint density at radius 1 is 1.16 bits per heavy atom. The third-order valence-electron chi connectivity index (χ3n) is 7.65. The number of hydrogen-bond donors (Lipinski definition) is 0. The van der Waals surface area contributed by atoms with Gasteiger partial charge in [0.25, 0.3) is 0 Å². The highest BCUT2D eigenvalue weighted by atomic mass is 16.6. The molecule has 1 spiro atoms. The molecule has 2 heterocycles. The summed E-state index contributed by atoms with van der Waals surface area (Å²) in [4.78, 5) is 12.8. The number of allylic oxidation sites excluding steroid dienone is 1. The number of hydrogen-bond acceptors (Lipinski definition) is 8. The number of carbonyl (C=O) groups is 1. The average molecular weight is 517 g/mol. The van der Waals surface area contributed by atoms with Crippen LogP contribution >= 0.6 is 0 Å². The van der Waals surface area contributed by atoms with Gasteiger partial charge in [-0.1, -0.05) is 17.7 Å². The van der Waals surface area contributed by atoms with Crippen molar-refractivity contribution in [3.05, 3.63) is 41.5 Å². The fourth-order valence-electron chi connectivity index (χ4n) is 5.57. The molecule has 1 aromatic rings. The zero-order chi connectivity index (χ0) is 26.6. The summed E-state index contributed by atoms with van der Waals surface area (Å²) in [6, 6.07) is 5.48. The third-order valence-corrected chi connectivity index (χ3v) is 7.65. The van der Waals surface area contributed by atoms with E-state index in [1.807, 2.05) is 18.2 Å². The van der Waals surface area contributed by atoms with Gasteiger partial charge in [0.15, 0.2) is 11.5 Å². The van der Waals surface area contributed by atoms with Crippen LogP contribution in [0.25, 0.3) is 6.08 Å². The highest BCUT2D eigenvalue weighted by molar-refractivity contribution is 5.87. The number of epoxide rings is 2. The highest BCUT2D eigenvalue weighted by Gasteiger charge is 2.72. The summed E-state index contributed by atoms with van der Waals surface area (Å²) in [6.45, 7) is 7.91. The van der Waals surface area contributed by atoms with Crippen LogP contribution in [-0.4, -0.2) is 76.6 Å². The molecule has 204 valence electrons. The zero-order valence-corrected chi connectivity index (χ0v) is 22.8. The van der Waals surface area contributed by atoms with E-state index in [9.17, 15) is 4.79 Å². The monoisotopic (exact) mass is 516 g/mol. The highest BCUT2D eigenvalue weighted by Crippen LogP contribution is 2.59. The van der Waals surface area contributed by atoms with Gasteiger partial charge in [-0.05, 0) is 63.8 Å². The minimum Gasteiger partial charge on any atom is -0.493 e. The molecule has 3 fully saturated rings. The summed E-state index contributed by atoms with van der Waals surface area (Å²) in [5.41, 5.74) is 1.45. The molecule has 2 saturated heterocycles. The number of rotatable bonds is 12. The summed E-state index contributed by atoms with van der Waals surface area (Å²) in [7, 11) is 4.88. The van der Waals surface area contributed by atoms with Gasteiger partial charge in [-0.3, -0.25) is 0 Å². The summed E-state index contributed by atoms with van der Waals surface area (Å²) in [5, 5.41) is 0.